The summed E-state index contributed by atoms with van der Waals surface area (Å²) in [6, 6.07) is 6.99. The normalized spacial score (nSPS) is 10.2. The van der Waals surface area contributed by atoms with Gasteiger partial charge in [0.05, 0.1) is 5.69 Å². The summed E-state index contributed by atoms with van der Waals surface area (Å²) in [5, 5.41) is 9.51. The van der Waals surface area contributed by atoms with Gasteiger partial charge < -0.3 is 15.3 Å². The lowest BCUT2D eigenvalue weighted by atomic mass is 10.1. The van der Waals surface area contributed by atoms with Crippen molar-refractivity contribution >= 4 is 5.69 Å². The molecule has 3 heteroatoms. The Labute approximate surface area is 75.4 Å². The number of benzene rings is 1. The molecule has 13 heavy (non-hydrogen) atoms. The topological polar surface area (TPSA) is 59.4 Å². The van der Waals surface area contributed by atoms with Crippen LogP contribution in [0.15, 0.2) is 41.2 Å². The van der Waals surface area contributed by atoms with Crippen molar-refractivity contribution in [3.63, 3.8) is 0 Å². The number of phenols is 1. The Morgan fingerprint density at radius 1 is 1.08 bits per heavy atom. The highest BCUT2D eigenvalue weighted by molar-refractivity contribution is 5.78. The number of rotatable bonds is 1. The van der Waals surface area contributed by atoms with E-state index in [0.717, 1.165) is 5.56 Å². The molecule has 0 radical (unpaired) electrons. The molecule has 66 valence electrons. The number of nitrogens with two attached hydrogens (primary N) is 1. The molecule has 0 saturated carbocycles. The second kappa shape index (κ2) is 2.86. The van der Waals surface area contributed by atoms with Gasteiger partial charge in [0.1, 0.15) is 18.3 Å². The van der Waals surface area contributed by atoms with E-state index in [-0.39, 0.29) is 5.75 Å². The minimum atomic E-state index is 0.204. The first-order valence-electron chi connectivity index (χ1n) is 3.89. The van der Waals surface area contributed by atoms with Crippen LogP contribution in [0.25, 0.3) is 11.1 Å². The Hall–Kier alpha value is -1.90. The molecule has 1 aromatic heterocycles. The van der Waals surface area contributed by atoms with E-state index in [9.17, 15) is 5.11 Å². The first-order chi connectivity index (χ1) is 6.29. The lowest BCUT2D eigenvalue weighted by Crippen LogP contribution is -1.84. The summed E-state index contributed by atoms with van der Waals surface area (Å²) < 4.78 is 4.92. The molecule has 0 aliphatic rings. The molecular weight excluding hydrogens is 166 g/mol. The molecule has 0 unspecified atom stereocenters. The Morgan fingerprint density at radius 2 is 1.85 bits per heavy atom. The van der Waals surface area contributed by atoms with Gasteiger partial charge in [0.15, 0.2) is 0 Å². The van der Waals surface area contributed by atoms with Gasteiger partial charge in [0.2, 0.25) is 0 Å². The third-order valence-corrected chi connectivity index (χ3v) is 1.89. The highest BCUT2D eigenvalue weighted by Gasteiger charge is 2.07. The number of aromatic hydroxyl groups is 1. The predicted molar refractivity (Wildman–Crippen MR) is 50.2 cm³/mol. The molecule has 0 atom stereocenters. The fraction of sp³-hybridized carbons (Fsp3) is 0. The largest absolute Gasteiger partial charge is 0.507 e. The molecular formula is C10H9NO2. The molecule has 0 spiro atoms. The third kappa shape index (κ3) is 1.24. The fourth-order valence-corrected chi connectivity index (χ4v) is 1.23. The molecule has 1 aromatic carbocycles. The molecule has 0 bridgehead atoms. The van der Waals surface area contributed by atoms with Gasteiger partial charge in [-0.25, -0.2) is 0 Å². The van der Waals surface area contributed by atoms with E-state index < -0.39 is 0 Å². The third-order valence-electron chi connectivity index (χ3n) is 1.89. The van der Waals surface area contributed by atoms with E-state index in [1.807, 2.05) is 6.07 Å². The maximum absolute atomic E-state index is 9.51. The maximum atomic E-state index is 9.51. The average Bonchev–Trinajstić information content (AvgIpc) is 2.52. The van der Waals surface area contributed by atoms with Crippen LogP contribution in [-0.2, 0) is 0 Å². The molecule has 0 aliphatic heterocycles. The fourth-order valence-electron chi connectivity index (χ4n) is 1.23. The van der Waals surface area contributed by atoms with Crippen LogP contribution in [0.2, 0.25) is 0 Å². The monoisotopic (exact) mass is 175 g/mol. The molecule has 0 aliphatic carbocycles. The number of hydrogen-bond donors (Lipinski definition) is 2. The van der Waals surface area contributed by atoms with E-state index in [2.05, 4.69) is 0 Å². The van der Waals surface area contributed by atoms with Crippen molar-refractivity contribution in [1.82, 2.24) is 0 Å². The van der Waals surface area contributed by atoms with Crippen LogP contribution in [0, 0.1) is 0 Å². The van der Waals surface area contributed by atoms with Crippen LogP contribution in [0.1, 0.15) is 0 Å². The standard InChI is InChI=1S/C10H9NO2/c11-9-6-13-5-8(9)7-3-1-2-4-10(7)12/h1-6,12H,11H2. The molecule has 2 aromatic rings. The molecule has 1 heterocycles. The smallest absolute Gasteiger partial charge is 0.123 e. The number of anilines is 1. The van der Waals surface area contributed by atoms with Crippen molar-refractivity contribution in [2.24, 2.45) is 0 Å². The minimum Gasteiger partial charge on any atom is -0.507 e. The molecule has 2 rings (SSSR count). The summed E-state index contributed by atoms with van der Waals surface area (Å²) >= 11 is 0. The second-order valence-electron chi connectivity index (χ2n) is 2.76. The van der Waals surface area contributed by atoms with Crippen molar-refractivity contribution < 1.29 is 9.52 Å². The summed E-state index contributed by atoms with van der Waals surface area (Å²) in [6.07, 6.45) is 2.96. The Morgan fingerprint density at radius 3 is 2.46 bits per heavy atom. The quantitative estimate of drug-likeness (QED) is 0.698. The van der Waals surface area contributed by atoms with Gasteiger partial charge in [0.25, 0.3) is 0 Å². The van der Waals surface area contributed by atoms with Crippen molar-refractivity contribution in [1.29, 1.82) is 0 Å². The van der Waals surface area contributed by atoms with Crippen molar-refractivity contribution in [3.8, 4) is 16.9 Å². The Kier molecular flexibility index (Phi) is 1.70. The van der Waals surface area contributed by atoms with Crippen LogP contribution in [0.4, 0.5) is 5.69 Å². The van der Waals surface area contributed by atoms with Gasteiger partial charge >= 0.3 is 0 Å². The zero-order valence-electron chi connectivity index (χ0n) is 6.90. The van der Waals surface area contributed by atoms with Crippen molar-refractivity contribution in [3.05, 3.63) is 36.8 Å². The number of nitrogen functional groups attached to an aromatic ring is 1. The molecule has 0 amide bonds. The van der Waals surface area contributed by atoms with E-state index in [1.54, 1.807) is 18.2 Å². The van der Waals surface area contributed by atoms with Gasteiger partial charge in [-0.1, -0.05) is 18.2 Å². The first kappa shape index (κ1) is 7.73. The Balaban J connectivity index is 2.59. The van der Waals surface area contributed by atoms with Crippen LogP contribution in [0.3, 0.4) is 0 Å². The number of furan rings is 1. The van der Waals surface area contributed by atoms with Crippen molar-refractivity contribution in [2.75, 3.05) is 5.73 Å². The van der Waals surface area contributed by atoms with Crippen molar-refractivity contribution in [2.45, 2.75) is 0 Å². The molecule has 0 fully saturated rings. The zero-order valence-corrected chi connectivity index (χ0v) is 6.90. The van der Waals surface area contributed by atoms with Gasteiger partial charge in [-0.15, -0.1) is 0 Å². The van der Waals surface area contributed by atoms with Crippen LogP contribution < -0.4 is 5.73 Å². The minimum absolute atomic E-state index is 0.204. The van der Waals surface area contributed by atoms with Crippen LogP contribution in [-0.4, -0.2) is 5.11 Å². The zero-order chi connectivity index (χ0) is 9.26. The first-order valence-corrected chi connectivity index (χ1v) is 3.89. The highest BCUT2D eigenvalue weighted by Crippen LogP contribution is 2.33. The maximum Gasteiger partial charge on any atom is 0.123 e. The lowest BCUT2D eigenvalue weighted by molar-refractivity contribution is 0.477. The SMILES string of the molecule is Nc1cocc1-c1ccccc1O. The summed E-state index contributed by atoms with van der Waals surface area (Å²) in [7, 11) is 0. The summed E-state index contributed by atoms with van der Waals surface area (Å²) in [6.45, 7) is 0. The Bertz CT molecular complexity index is 420. The number of phenolic OH excluding ortho intramolecular Hbond substituents is 1. The summed E-state index contributed by atoms with van der Waals surface area (Å²) in [5.41, 5.74) is 7.57. The average molecular weight is 175 g/mol. The molecule has 3 N–H and O–H groups in total. The summed E-state index contributed by atoms with van der Waals surface area (Å²) in [5.74, 6) is 0.204. The highest BCUT2D eigenvalue weighted by atomic mass is 16.3. The van der Waals surface area contributed by atoms with Crippen LogP contribution in [0.5, 0.6) is 5.75 Å². The van der Waals surface area contributed by atoms with E-state index >= 15 is 0 Å². The number of hydrogen-bond acceptors (Lipinski definition) is 3. The molecule has 3 nitrogen and oxygen atoms in total. The van der Waals surface area contributed by atoms with E-state index in [4.69, 9.17) is 10.2 Å². The van der Waals surface area contributed by atoms with E-state index in [1.165, 1.54) is 12.5 Å². The summed E-state index contributed by atoms with van der Waals surface area (Å²) in [4.78, 5) is 0. The number of para-hydroxylation sites is 1. The predicted octanol–water partition coefficient (Wildman–Crippen LogP) is 2.23. The van der Waals surface area contributed by atoms with Gasteiger partial charge in [-0.3, -0.25) is 0 Å². The van der Waals surface area contributed by atoms with E-state index in [0.29, 0.717) is 11.3 Å². The van der Waals surface area contributed by atoms with Crippen LogP contribution >= 0.6 is 0 Å². The molecule has 0 saturated heterocycles. The van der Waals surface area contributed by atoms with Gasteiger partial charge in [-0.2, -0.15) is 0 Å². The van der Waals surface area contributed by atoms with Gasteiger partial charge in [-0.05, 0) is 6.07 Å². The second-order valence-corrected chi connectivity index (χ2v) is 2.76. The van der Waals surface area contributed by atoms with Gasteiger partial charge in [0, 0.05) is 11.1 Å². The lowest BCUT2D eigenvalue weighted by Gasteiger charge is -2.01.